The van der Waals surface area contributed by atoms with Crippen molar-refractivity contribution in [2.24, 2.45) is 0 Å². The quantitative estimate of drug-likeness (QED) is 0.491. The van der Waals surface area contributed by atoms with Crippen molar-refractivity contribution in [1.29, 1.82) is 5.26 Å². The van der Waals surface area contributed by atoms with E-state index in [4.69, 9.17) is 10.00 Å². The third-order valence-corrected chi connectivity index (χ3v) is 5.09. The number of rotatable bonds is 6. The molecule has 0 saturated heterocycles. The van der Waals surface area contributed by atoms with Gasteiger partial charge < -0.3 is 14.6 Å². The number of nitriles is 1. The van der Waals surface area contributed by atoms with Gasteiger partial charge >= 0.3 is 0 Å². The number of anilines is 1. The van der Waals surface area contributed by atoms with E-state index in [2.05, 4.69) is 21.4 Å². The highest BCUT2D eigenvalue weighted by Crippen LogP contribution is 2.27. The van der Waals surface area contributed by atoms with Gasteiger partial charge in [0.1, 0.15) is 35.6 Å². The maximum absolute atomic E-state index is 14.3. The summed E-state index contributed by atoms with van der Waals surface area (Å²) in [5, 5.41) is 12.6. The topological polar surface area (TPSA) is 75.8 Å². The third kappa shape index (κ3) is 3.90. The van der Waals surface area contributed by atoms with Crippen LogP contribution in [0.2, 0.25) is 0 Å². The van der Waals surface area contributed by atoms with Crippen molar-refractivity contribution >= 4 is 16.7 Å². The van der Waals surface area contributed by atoms with E-state index in [1.54, 1.807) is 34.9 Å². The number of nitrogens with zero attached hydrogens (tertiary/aromatic N) is 4. The fourth-order valence-electron chi connectivity index (χ4n) is 3.57. The molecule has 0 bridgehead atoms. The first-order valence-electron chi connectivity index (χ1n) is 9.60. The van der Waals surface area contributed by atoms with Crippen LogP contribution >= 0.6 is 0 Å². The molecule has 0 saturated carbocycles. The summed E-state index contributed by atoms with van der Waals surface area (Å²) in [6.45, 7) is 2.70. The minimum atomic E-state index is -0.455. The highest BCUT2D eigenvalue weighted by Gasteiger charge is 2.14. The van der Waals surface area contributed by atoms with Crippen LogP contribution in [-0.2, 0) is 6.54 Å². The van der Waals surface area contributed by atoms with E-state index in [-0.39, 0.29) is 10.9 Å². The number of fused-ring (bicyclic) bond motifs is 1. The summed E-state index contributed by atoms with van der Waals surface area (Å²) in [5.74, 6) is 0.166. The zero-order valence-electron chi connectivity index (χ0n) is 17.0. The summed E-state index contributed by atoms with van der Waals surface area (Å²) in [7, 11) is 1.51. The summed E-state index contributed by atoms with van der Waals surface area (Å²) in [4.78, 5) is 8.52. The fourth-order valence-corrected chi connectivity index (χ4v) is 3.57. The van der Waals surface area contributed by atoms with Crippen molar-refractivity contribution < 1.29 is 13.5 Å². The van der Waals surface area contributed by atoms with E-state index < -0.39 is 11.6 Å². The second-order valence-electron chi connectivity index (χ2n) is 6.97. The van der Waals surface area contributed by atoms with Crippen molar-refractivity contribution in [3.05, 3.63) is 71.7 Å². The number of halogens is 2. The van der Waals surface area contributed by atoms with Crippen molar-refractivity contribution in [3.63, 3.8) is 0 Å². The van der Waals surface area contributed by atoms with Crippen molar-refractivity contribution in [2.45, 2.75) is 13.5 Å². The molecule has 2 aromatic carbocycles. The van der Waals surface area contributed by atoms with Gasteiger partial charge in [-0.3, -0.25) is 0 Å². The van der Waals surface area contributed by atoms with Gasteiger partial charge in [0.25, 0.3) is 0 Å². The molecule has 0 aliphatic carbocycles. The molecule has 0 aliphatic rings. The van der Waals surface area contributed by atoms with Crippen LogP contribution in [0.3, 0.4) is 0 Å². The number of hydrogen-bond acceptors (Lipinski definition) is 5. The molecule has 0 radical (unpaired) electrons. The lowest BCUT2D eigenvalue weighted by Crippen LogP contribution is -2.13. The van der Waals surface area contributed by atoms with Crippen LogP contribution in [0.15, 0.2) is 48.8 Å². The molecule has 0 atom stereocenters. The third-order valence-electron chi connectivity index (χ3n) is 5.09. The standard InChI is InChI=1S/C23H19F2N5O/c1-14-9-17-18(24)5-6-19(25)23(17)30(14)8-7-27-22-11-20(28-13-29-22)15-3-4-16(12-26)21(10-15)31-2/h3-6,9-11,13H,7-8H2,1-2H3,(H,27,28,29). The molecule has 0 fully saturated rings. The molecule has 2 heterocycles. The number of methoxy groups -OCH3 is 1. The van der Waals surface area contributed by atoms with Crippen LogP contribution in [-0.4, -0.2) is 28.2 Å². The Morgan fingerprint density at radius 3 is 2.68 bits per heavy atom. The lowest BCUT2D eigenvalue weighted by molar-refractivity contribution is 0.413. The van der Waals surface area contributed by atoms with Gasteiger partial charge in [0.05, 0.1) is 23.9 Å². The van der Waals surface area contributed by atoms with E-state index in [0.29, 0.717) is 35.9 Å². The predicted octanol–water partition coefficient (Wildman–Crippen LogP) is 4.68. The second-order valence-corrected chi connectivity index (χ2v) is 6.97. The average molecular weight is 419 g/mol. The number of hydrogen-bond donors (Lipinski definition) is 1. The molecule has 0 amide bonds. The van der Waals surface area contributed by atoms with E-state index in [1.165, 1.54) is 13.4 Å². The molecule has 31 heavy (non-hydrogen) atoms. The lowest BCUT2D eigenvalue weighted by atomic mass is 10.1. The van der Waals surface area contributed by atoms with E-state index in [1.807, 2.05) is 6.92 Å². The number of aromatic nitrogens is 3. The molecule has 4 aromatic rings. The fraction of sp³-hybridized carbons (Fsp3) is 0.174. The highest BCUT2D eigenvalue weighted by molar-refractivity contribution is 5.82. The van der Waals surface area contributed by atoms with Crippen LogP contribution in [0.1, 0.15) is 11.3 Å². The first kappa shape index (κ1) is 20.3. The summed E-state index contributed by atoms with van der Waals surface area (Å²) in [5.41, 5.74) is 2.92. The summed E-state index contributed by atoms with van der Waals surface area (Å²) in [6.07, 6.45) is 1.44. The molecule has 0 aliphatic heterocycles. The Morgan fingerprint density at radius 2 is 1.90 bits per heavy atom. The Balaban J connectivity index is 1.53. The van der Waals surface area contributed by atoms with Gasteiger partial charge in [-0.2, -0.15) is 5.26 Å². The number of ether oxygens (including phenoxy) is 1. The SMILES string of the molecule is COc1cc(-c2cc(NCCn3c(C)cc4c(F)ccc(F)c43)ncn2)ccc1C#N. The smallest absolute Gasteiger partial charge is 0.147 e. The van der Waals surface area contributed by atoms with Gasteiger partial charge in [-0.25, -0.2) is 18.7 Å². The molecule has 1 N–H and O–H groups in total. The molecule has 0 unspecified atom stereocenters. The Labute approximate surface area is 177 Å². The monoisotopic (exact) mass is 419 g/mol. The minimum Gasteiger partial charge on any atom is -0.495 e. The van der Waals surface area contributed by atoms with E-state index in [9.17, 15) is 8.78 Å². The molecule has 0 spiro atoms. The van der Waals surface area contributed by atoms with Gasteiger partial charge in [0, 0.05) is 35.8 Å². The van der Waals surface area contributed by atoms with Gasteiger partial charge in [0.15, 0.2) is 0 Å². The Morgan fingerprint density at radius 1 is 1.10 bits per heavy atom. The lowest BCUT2D eigenvalue weighted by Gasteiger charge is -2.11. The highest BCUT2D eigenvalue weighted by atomic mass is 19.1. The Bertz CT molecular complexity index is 1310. The molecule has 6 nitrogen and oxygen atoms in total. The maximum atomic E-state index is 14.3. The van der Waals surface area contributed by atoms with Crippen LogP contribution in [0.5, 0.6) is 5.75 Å². The summed E-state index contributed by atoms with van der Waals surface area (Å²) >= 11 is 0. The number of aryl methyl sites for hydroxylation is 1. The maximum Gasteiger partial charge on any atom is 0.147 e. The molecule has 4 rings (SSSR count). The van der Waals surface area contributed by atoms with Crippen molar-refractivity contribution in [2.75, 3.05) is 19.0 Å². The first-order chi connectivity index (χ1) is 15.0. The molecule has 8 heteroatoms. The first-order valence-corrected chi connectivity index (χ1v) is 9.60. The predicted molar refractivity (Wildman–Crippen MR) is 114 cm³/mol. The molecular formula is C23H19F2N5O. The van der Waals surface area contributed by atoms with Crippen LogP contribution < -0.4 is 10.1 Å². The van der Waals surface area contributed by atoms with Gasteiger partial charge in [-0.15, -0.1) is 0 Å². The van der Waals surface area contributed by atoms with Gasteiger partial charge in [-0.1, -0.05) is 6.07 Å². The minimum absolute atomic E-state index is 0.257. The van der Waals surface area contributed by atoms with E-state index in [0.717, 1.165) is 23.4 Å². The second kappa shape index (κ2) is 8.40. The zero-order chi connectivity index (χ0) is 22.0. The largest absolute Gasteiger partial charge is 0.495 e. The van der Waals surface area contributed by atoms with Gasteiger partial charge in [-0.05, 0) is 37.3 Å². The van der Waals surface area contributed by atoms with Gasteiger partial charge in [0.2, 0.25) is 0 Å². The van der Waals surface area contributed by atoms with E-state index >= 15 is 0 Å². The molecule has 2 aromatic heterocycles. The number of benzene rings is 2. The average Bonchev–Trinajstić information content (AvgIpc) is 3.13. The molecular weight excluding hydrogens is 400 g/mol. The Hall–Kier alpha value is -3.99. The summed E-state index contributed by atoms with van der Waals surface area (Å²) in [6, 6.07) is 13.0. The van der Waals surface area contributed by atoms with Crippen molar-refractivity contribution in [3.8, 4) is 23.1 Å². The van der Waals surface area contributed by atoms with Crippen molar-refractivity contribution in [1.82, 2.24) is 14.5 Å². The summed E-state index contributed by atoms with van der Waals surface area (Å²) < 4.78 is 35.3. The zero-order valence-corrected chi connectivity index (χ0v) is 17.0. The molecule has 156 valence electrons. The number of nitrogens with one attached hydrogen (secondary N) is 1. The Kier molecular flexibility index (Phi) is 5.50. The van der Waals surface area contributed by atoms with Crippen LogP contribution in [0.25, 0.3) is 22.2 Å². The van der Waals surface area contributed by atoms with Crippen LogP contribution in [0.4, 0.5) is 14.6 Å². The van der Waals surface area contributed by atoms with Crippen LogP contribution in [0, 0.1) is 29.9 Å². The normalized spacial score (nSPS) is 10.8.